The summed E-state index contributed by atoms with van der Waals surface area (Å²) in [5, 5.41) is 20.3. The Balaban J connectivity index is 1.81. The van der Waals surface area contributed by atoms with Gasteiger partial charge in [0.25, 0.3) is 0 Å². The van der Waals surface area contributed by atoms with Gasteiger partial charge in [-0.1, -0.05) is 0 Å². The number of aromatic nitrogens is 2. The number of hydrogen-bond donors (Lipinski definition) is 2. The van der Waals surface area contributed by atoms with E-state index in [1.165, 1.54) is 6.07 Å². The Morgan fingerprint density at radius 3 is 2.80 bits per heavy atom. The lowest BCUT2D eigenvalue weighted by Gasteiger charge is -2.32. The Kier molecular flexibility index (Phi) is 3.71. The number of hydrogen-bond acceptors (Lipinski definition) is 5. The van der Waals surface area contributed by atoms with E-state index < -0.39 is 11.8 Å². The number of nitrogens with zero attached hydrogens (tertiary/aromatic N) is 4. The van der Waals surface area contributed by atoms with Crippen LogP contribution >= 0.6 is 0 Å². The highest BCUT2D eigenvalue weighted by atomic mass is 19.1. The number of carboxylic acids is 1. The average molecular weight is 343 g/mol. The van der Waals surface area contributed by atoms with Gasteiger partial charge in [0, 0.05) is 31.5 Å². The number of aromatic carboxylic acids is 1. The van der Waals surface area contributed by atoms with Crippen LogP contribution in [0.2, 0.25) is 0 Å². The summed E-state index contributed by atoms with van der Waals surface area (Å²) in [5.74, 6) is -1.11. The molecule has 2 aliphatic rings. The highest BCUT2D eigenvalue weighted by molar-refractivity contribution is 5.92. The molecule has 25 heavy (non-hydrogen) atoms. The van der Waals surface area contributed by atoms with E-state index in [4.69, 9.17) is 5.26 Å². The van der Waals surface area contributed by atoms with Gasteiger partial charge >= 0.3 is 5.97 Å². The number of halogens is 1. The van der Waals surface area contributed by atoms with Crippen LogP contribution in [0.4, 0.5) is 4.39 Å². The van der Waals surface area contributed by atoms with E-state index >= 15 is 0 Å². The molecular formula is C17H18FN5O2. The number of benzene rings is 1. The third kappa shape index (κ3) is 2.86. The molecule has 0 bridgehead atoms. The molecule has 1 aliphatic heterocycles. The molecule has 0 radical (unpaired) electrons. The van der Waals surface area contributed by atoms with Crippen LogP contribution < -0.4 is 5.43 Å². The molecule has 8 heteroatoms. The van der Waals surface area contributed by atoms with Crippen molar-refractivity contribution in [1.82, 2.24) is 20.0 Å². The number of imidazole rings is 1. The first-order valence-corrected chi connectivity index (χ1v) is 8.29. The van der Waals surface area contributed by atoms with Crippen molar-refractivity contribution < 1.29 is 14.3 Å². The summed E-state index contributed by atoms with van der Waals surface area (Å²) in [7, 11) is 0. The molecule has 1 saturated heterocycles. The van der Waals surface area contributed by atoms with Crippen molar-refractivity contribution >= 4 is 17.0 Å². The summed E-state index contributed by atoms with van der Waals surface area (Å²) in [6.07, 6.45) is 2.33. The Morgan fingerprint density at radius 2 is 2.24 bits per heavy atom. The fourth-order valence-electron chi connectivity index (χ4n) is 3.30. The number of rotatable bonds is 6. The zero-order chi connectivity index (χ0) is 17.6. The smallest absolute Gasteiger partial charge is 0.335 e. The first-order valence-electron chi connectivity index (χ1n) is 8.29. The highest BCUT2D eigenvalue weighted by Gasteiger charge is 2.43. The summed E-state index contributed by atoms with van der Waals surface area (Å²) < 4.78 is 16.3. The van der Waals surface area contributed by atoms with E-state index in [1.807, 2.05) is 9.58 Å². The molecule has 1 aromatic heterocycles. The quantitative estimate of drug-likeness (QED) is 0.832. The van der Waals surface area contributed by atoms with Gasteiger partial charge in [-0.15, -0.1) is 0 Å². The van der Waals surface area contributed by atoms with Crippen molar-refractivity contribution in [2.24, 2.45) is 5.41 Å². The minimum Gasteiger partial charge on any atom is -0.478 e. The van der Waals surface area contributed by atoms with Crippen LogP contribution in [-0.2, 0) is 13.1 Å². The second kappa shape index (κ2) is 5.79. The number of fused-ring (bicyclic) bond motifs is 1. The third-order valence-corrected chi connectivity index (χ3v) is 5.09. The fourth-order valence-corrected chi connectivity index (χ4v) is 3.30. The van der Waals surface area contributed by atoms with Gasteiger partial charge in [0.1, 0.15) is 11.3 Å². The summed E-state index contributed by atoms with van der Waals surface area (Å²) >= 11 is 0. The Hall–Kier alpha value is -2.50. The van der Waals surface area contributed by atoms with Crippen LogP contribution in [0.5, 0.6) is 0 Å². The molecule has 7 nitrogen and oxygen atoms in total. The van der Waals surface area contributed by atoms with Crippen molar-refractivity contribution in [2.45, 2.75) is 32.4 Å². The minimum atomic E-state index is -1.17. The van der Waals surface area contributed by atoms with Crippen molar-refractivity contribution in [1.29, 1.82) is 5.26 Å². The van der Waals surface area contributed by atoms with Crippen molar-refractivity contribution in [3.05, 3.63) is 29.3 Å². The zero-order valence-electron chi connectivity index (χ0n) is 13.6. The lowest BCUT2D eigenvalue weighted by molar-refractivity contribution is 0.0696. The molecule has 2 heterocycles. The molecule has 2 aromatic rings. The second-order valence-corrected chi connectivity index (χ2v) is 6.91. The van der Waals surface area contributed by atoms with Gasteiger partial charge < -0.3 is 9.67 Å². The standard InChI is InChI=1S/C17H18FN5O2/c18-12-7-11(16(24)25)8-13-15(12)21-14(9-22-6-5-20-22)23(13)10-17(1-2-17)3-4-19/h7-8,20H,1-3,5-6,9-10H2,(H,24,25). The number of nitrogens with one attached hydrogen (secondary N) is 1. The molecule has 0 atom stereocenters. The van der Waals surface area contributed by atoms with Crippen LogP contribution in [0.1, 0.15) is 35.4 Å². The molecule has 1 saturated carbocycles. The molecule has 2 N–H and O–H groups in total. The number of carboxylic acid groups (broad SMARTS) is 1. The molecule has 130 valence electrons. The number of carbonyl (C=O) groups is 1. The molecule has 0 amide bonds. The monoisotopic (exact) mass is 343 g/mol. The molecule has 1 aliphatic carbocycles. The van der Waals surface area contributed by atoms with E-state index in [1.54, 1.807) is 0 Å². The van der Waals surface area contributed by atoms with Crippen molar-refractivity contribution in [2.75, 3.05) is 13.1 Å². The SMILES string of the molecule is N#CCC1(Cn2c(CN3CCN3)nc3c(F)cc(C(=O)O)cc32)CC1. The predicted molar refractivity (Wildman–Crippen MR) is 87.0 cm³/mol. The van der Waals surface area contributed by atoms with E-state index in [0.717, 1.165) is 32.0 Å². The van der Waals surface area contributed by atoms with Gasteiger partial charge in [-0.05, 0) is 25.0 Å². The highest BCUT2D eigenvalue weighted by Crippen LogP contribution is 2.50. The van der Waals surface area contributed by atoms with Crippen molar-refractivity contribution in [3.63, 3.8) is 0 Å². The maximum absolute atomic E-state index is 14.4. The van der Waals surface area contributed by atoms with Crippen LogP contribution in [0.3, 0.4) is 0 Å². The maximum Gasteiger partial charge on any atom is 0.335 e. The molecule has 2 fully saturated rings. The third-order valence-electron chi connectivity index (χ3n) is 5.09. The molecule has 4 rings (SSSR count). The van der Waals surface area contributed by atoms with Crippen LogP contribution in [0.15, 0.2) is 12.1 Å². The molecular weight excluding hydrogens is 325 g/mol. The van der Waals surface area contributed by atoms with Crippen molar-refractivity contribution in [3.8, 4) is 6.07 Å². The zero-order valence-corrected chi connectivity index (χ0v) is 13.6. The summed E-state index contributed by atoms with van der Waals surface area (Å²) in [6, 6.07) is 4.72. The normalized spacial score (nSPS) is 18.7. The maximum atomic E-state index is 14.4. The van der Waals surface area contributed by atoms with Gasteiger partial charge in [-0.25, -0.2) is 19.2 Å². The van der Waals surface area contributed by atoms with Gasteiger partial charge in [0.05, 0.1) is 23.7 Å². The van der Waals surface area contributed by atoms with Gasteiger partial charge in [-0.3, -0.25) is 5.43 Å². The van der Waals surface area contributed by atoms with Gasteiger partial charge in [0.15, 0.2) is 5.82 Å². The Bertz CT molecular complexity index is 893. The van der Waals surface area contributed by atoms with Crippen LogP contribution in [0.25, 0.3) is 11.0 Å². The molecule has 1 aromatic carbocycles. The Labute approximate surface area is 143 Å². The Morgan fingerprint density at radius 1 is 1.48 bits per heavy atom. The van der Waals surface area contributed by atoms with E-state index in [0.29, 0.717) is 30.9 Å². The predicted octanol–water partition coefficient (Wildman–Crippen LogP) is 1.89. The van der Waals surface area contributed by atoms with Gasteiger partial charge in [-0.2, -0.15) is 5.26 Å². The fraction of sp³-hybridized carbons (Fsp3) is 0.471. The van der Waals surface area contributed by atoms with Crippen LogP contribution in [0, 0.1) is 22.6 Å². The summed E-state index contributed by atoms with van der Waals surface area (Å²) in [6.45, 7) is 2.85. The first kappa shape index (κ1) is 16.0. The average Bonchev–Trinajstić information content (AvgIpc) is 3.19. The topological polar surface area (TPSA) is 94.2 Å². The van der Waals surface area contributed by atoms with Gasteiger partial charge in [0.2, 0.25) is 0 Å². The largest absolute Gasteiger partial charge is 0.478 e. The summed E-state index contributed by atoms with van der Waals surface area (Å²) in [4.78, 5) is 15.7. The minimum absolute atomic E-state index is 0.0927. The molecule has 0 spiro atoms. The number of hydrazine groups is 1. The lowest BCUT2D eigenvalue weighted by Crippen LogP contribution is -2.53. The molecule has 0 unspecified atom stereocenters. The lowest BCUT2D eigenvalue weighted by atomic mass is 10.0. The van der Waals surface area contributed by atoms with Crippen LogP contribution in [-0.4, -0.2) is 38.7 Å². The van der Waals surface area contributed by atoms with E-state index in [2.05, 4.69) is 16.5 Å². The van der Waals surface area contributed by atoms with E-state index in [9.17, 15) is 14.3 Å². The number of nitriles is 1. The summed E-state index contributed by atoms with van der Waals surface area (Å²) in [5.41, 5.74) is 3.63. The first-order chi connectivity index (χ1) is 12.0. The van der Waals surface area contributed by atoms with E-state index in [-0.39, 0.29) is 16.5 Å². The second-order valence-electron chi connectivity index (χ2n) is 6.91.